The molecule has 104 valence electrons. The van der Waals surface area contributed by atoms with Crippen LogP contribution in [0.2, 0.25) is 0 Å². The molecule has 2 aliphatic rings. The second-order valence-electron chi connectivity index (χ2n) is 5.82. The molecule has 1 aliphatic carbocycles. The molecular weight excluding hydrogens is 230 g/mol. The smallest absolute Gasteiger partial charge is 0.234 e. The van der Waals surface area contributed by atoms with E-state index in [1.165, 1.54) is 0 Å². The highest BCUT2D eigenvalue weighted by Crippen LogP contribution is 2.28. The first-order valence-corrected chi connectivity index (χ1v) is 7.04. The van der Waals surface area contributed by atoms with E-state index >= 15 is 0 Å². The zero-order chi connectivity index (χ0) is 13.0. The average Bonchev–Trinajstić information content (AvgIpc) is 2.78. The molecule has 2 rings (SSSR count). The zero-order valence-corrected chi connectivity index (χ0v) is 11.0. The summed E-state index contributed by atoms with van der Waals surface area (Å²) in [6, 6.07) is 0.295. The number of amides is 1. The van der Waals surface area contributed by atoms with Gasteiger partial charge in [0.1, 0.15) is 0 Å². The molecule has 1 saturated carbocycles. The lowest BCUT2D eigenvalue weighted by Gasteiger charge is -2.30. The van der Waals surface area contributed by atoms with Crippen LogP contribution in [0.25, 0.3) is 0 Å². The Labute approximate surface area is 109 Å². The molecule has 0 unspecified atom stereocenters. The van der Waals surface area contributed by atoms with E-state index in [1.807, 2.05) is 0 Å². The van der Waals surface area contributed by atoms with Crippen molar-refractivity contribution in [2.75, 3.05) is 26.2 Å². The summed E-state index contributed by atoms with van der Waals surface area (Å²) in [6.07, 6.45) is 5.69. The molecule has 1 heterocycles. The van der Waals surface area contributed by atoms with Crippen LogP contribution in [0.4, 0.5) is 0 Å². The van der Waals surface area contributed by atoms with Gasteiger partial charge in [0, 0.05) is 25.7 Å². The molecule has 5 nitrogen and oxygen atoms in total. The number of piperidine rings is 1. The van der Waals surface area contributed by atoms with Gasteiger partial charge in [-0.25, -0.2) is 0 Å². The van der Waals surface area contributed by atoms with Gasteiger partial charge in [-0.2, -0.15) is 0 Å². The topological polar surface area (TPSA) is 78.6 Å². The quantitative estimate of drug-likeness (QED) is 0.652. The van der Waals surface area contributed by atoms with Crippen molar-refractivity contribution in [1.29, 1.82) is 0 Å². The van der Waals surface area contributed by atoms with Gasteiger partial charge in [-0.1, -0.05) is 12.8 Å². The molecule has 0 spiro atoms. The zero-order valence-electron chi connectivity index (χ0n) is 11.0. The highest BCUT2D eigenvalue weighted by molar-refractivity contribution is 5.78. The van der Waals surface area contributed by atoms with Crippen molar-refractivity contribution in [1.82, 2.24) is 10.2 Å². The highest BCUT2D eigenvalue weighted by atomic mass is 16.3. The standard InChI is InChI=1S/C13H25N3O2/c14-11-3-7-16(8-4-11)9-12(17)15-10-13(18)5-1-2-6-13/h11,18H,1-10,14H2,(H,15,17). The number of likely N-dealkylation sites (tertiary alicyclic amines) is 1. The van der Waals surface area contributed by atoms with Crippen molar-refractivity contribution >= 4 is 5.91 Å². The molecule has 0 bridgehead atoms. The van der Waals surface area contributed by atoms with E-state index in [0.717, 1.165) is 51.6 Å². The van der Waals surface area contributed by atoms with Gasteiger partial charge in [-0.15, -0.1) is 0 Å². The van der Waals surface area contributed by atoms with E-state index in [-0.39, 0.29) is 5.91 Å². The Bertz CT molecular complexity index is 282. The minimum Gasteiger partial charge on any atom is -0.388 e. The van der Waals surface area contributed by atoms with E-state index in [0.29, 0.717) is 19.1 Å². The number of aliphatic hydroxyl groups is 1. The number of carbonyl (C=O) groups excluding carboxylic acids is 1. The maximum atomic E-state index is 11.8. The predicted molar refractivity (Wildman–Crippen MR) is 70.1 cm³/mol. The monoisotopic (exact) mass is 255 g/mol. The number of nitrogens with two attached hydrogens (primary N) is 1. The fourth-order valence-corrected chi connectivity index (χ4v) is 2.84. The molecule has 5 heteroatoms. The maximum absolute atomic E-state index is 11.8. The first-order chi connectivity index (χ1) is 8.57. The van der Waals surface area contributed by atoms with Gasteiger partial charge in [0.05, 0.1) is 12.1 Å². The van der Waals surface area contributed by atoms with E-state index in [1.54, 1.807) is 0 Å². The Hall–Kier alpha value is -0.650. The predicted octanol–water partition coefficient (Wildman–Crippen LogP) is -0.169. The molecule has 4 N–H and O–H groups in total. The average molecular weight is 255 g/mol. The van der Waals surface area contributed by atoms with Crippen LogP contribution in [0.15, 0.2) is 0 Å². The Morgan fingerprint density at radius 2 is 1.94 bits per heavy atom. The van der Waals surface area contributed by atoms with E-state index in [9.17, 15) is 9.90 Å². The van der Waals surface area contributed by atoms with Crippen molar-refractivity contribution in [2.24, 2.45) is 5.73 Å². The summed E-state index contributed by atoms with van der Waals surface area (Å²) in [5.74, 6) is 0.0193. The molecule has 0 radical (unpaired) electrons. The normalized spacial score (nSPS) is 25.2. The van der Waals surface area contributed by atoms with E-state index in [4.69, 9.17) is 5.73 Å². The summed E-state index contributed by atoms with van der Waals surface area (Å²) in [4.78, 5) is 13.9. The summed E-state index contributed by atoms with van der Waals surface area (Å²) in [5, 5.41) is 13.0. The summed E-state index contributed by atoms with van der Waals surface area (Å²) in [6.45, 7) is 2.64. The van der Waals surface area contributed by atoms with Crippen LogP contribution in [0.3, 0.4) is 0 Å². The lowest BCUT2D eigenvalue weighted by molar-refractivity contribution is -0.123. The molecule has 0 atom stereocenters. The number of hydrogen-bond acceptors (Lipinski definition) is 4. The van der Waals surface area contributed by atoms with Gasteiger partial charge in [0.15, 0.2) is 0 Å². The first-order valence-electron chi connectivity index (χ1n) is 7.04. The van der Waals surface area contributed by atoms with Gasteiger partial charge in [-0.05, 0) is 25.7 Å². The van der Waals surface area contributed by atoms with Gasteiger partial charge < -0.3 is 16.2 Å². The minimum absolute atomic E-state index is 0.0193. The summed E-state index contributed by atoms with van der Waals surface area (Å²) in [5.41, 5.74) is 5.17. The minimum atomic E-state index is -0.653. The lowest BCUT2D eigenvalue weighted by atomic mass is 10.0. The number of hydrogen-bond donors (Lipinski definition) is 3. The molecule has 2 fully saturated rings. The molecule has 18 heavy (non-hydrogen) atoms. The van der Waals surface area contributed by atoms with Crippen LogP contribution in [-0.2, 0) is 4.79 Å². The van der Waals surface area contributed by atoms with Crippen LogP contribution in [0.5, 0.6) is 0 Å². The maximum Gasteiger partial charge on any atom is 0.234 e. The van der Waals surface area contributed by atoms with Crippen LogP contribution in [-0.4, -0.2) is 53.7 Å². The summed E-state index contributed by atoms with van der Waals surface area (Å²) >= 11 is 0. The largest absolute Gasteiger partial charge is 0.388 e. The SMILES string of the molecule is NC1CCN(CC(=O)NCC2(O)CCCC2)CC1. The second-order valence-corrected chi connectivity index (χ2v) is 5.82. The molecule has 0 aromatic heterocycles. The lowest BCUT2D eigenvalue weighted by Crippen LogP contribution is -2.47. The Balaban J connectivity index is 1.66. The van der Waals surface area contributed by atoms with Crippen LogP contribution in [0.1, 0.15) is 38.5 Å². The van der Waals surface area contributed by atoms with Crippen LogP contribution in [0, 0.1) is 0 Å². The van der Waals surface area contributed by atoms with E-state index < -0.39 is 5.60 Å². The molecule has 0 aromatic rings. The van der Waals surface area contributed by atoms with Gasteiger partial charge >= 0.3 is 0 Å². The number of rotatable bonds is 4. The van der Waals surface area contributed by atoms with Gasteiger partial charge in [0.2, 0.25) is 5.91 Å². The highest BCUT2D eigenvalue weighted by Gasteiger charge is 2.31. The number of nitrogens with zero attached hydrogens (tertiary/aromatic N) is 1. The Morgan fingerprint density at radius 1 is 1.33 bits per heavy atom. The number of carbonyl (C=O) groups is 1. The number of nitrogens with one attached hydrogen (secondary N) is 1. The Morgan fingerprint density at radius 3 is 2.56 bits per heavy atom. The fraction of sp³-hybridized carbons (Fsp3) is 0.923. The van der Waals surface area contributed by atoms with Crippen LogP contribution < -0.4 is 11.1 Å². The Kier molecular flexibility index (Phi) is 4.59. The van der Waals surface area contributed by atoms with E-state index in [2.05, 4.69) is 10.2 Å². The van der Waals surface area contributed by atoms with Gasteiger partial charge in [0.25, 0.3) is 0 Å². The molecular formula is C13H25N3O2. The second kappa shape index (κ2) is 5.99. The third-order valence-electron chi connectivity index (χ3n) is 4.15. The summed E-state index contributed by atoms with van der Waals surface area (Å²) < 4.78 is 0. The molecule has 1 saturated heterocycles. The van der Waals surface area contributed by atoms with Crippen molar-refractivity contribution in [3.63, 3.8) is 0 Å². The molecule has 1 amide bonds. The third-order valence-corrected chi connectivity index (χ3v) is 4.15. The van der Waals surface area contributed by atoms with Crippen LogP contribution >= 0.6 is 0 Å². The van der Waals surface area contributed by atoms with Crippen molar-refractivity contribution in [3.05, 3.63) is 0 Å². The molecule has 0 aromatic carbocycles. The first kappa shape index (κ1) is 13.8. The fourth-order valence-electron chi connectivity index (χ4n) is 2.84. The molecule has 1 aliphatic heterocycles. The van der Waals surface area contributed by atoms with Crippen molar-refractivity contribution in [3.8, 4) is 0 Å². The van der Waals surface area contributed by atoms with Gasteiger partial charge in [-0.3, -0.25) is 9.69 Å². The van der Waals surface area contributed by atoms with Crippen molar-refractivity contribution in [2.45, 2.75) is 50.2 Å². The van der Waals surface area contributed by atoms with Crippen molar-refractivity contribution < 1.29 is 9.90 Å². The third kappa shape index (κ3) is 3.93. The summed E-state index contributed by atoms with van der Waals surface area (Å²) in [7, 11) is 0.